The third-order valence-corrected chi connectivity index (χ3v) is 6.17. The molecule has 0 radical (unpaired) electrons. The van der Waals surface area contributed by atoms with E-state index >= 15 is 0 Å². The lowest BCUT2D eigenvalue weighted by atomic mass is 10.1. The summed E-state index contributed by atoms with van der Waals surface area (Å²) in [6, 6.07) is 9.44. The molecule has 1 fully saturated rings. The number of H-pyrrole nitrogens is 2. The van der Waals surface area contributed by atoms with Crippen LogP contribution in [0, 0.1) is 0 Å². The van der Waals surface area contributed by atoms with Gasteiger partial charge in [0.1, 0.15) is 11.5 Å². The molecule has 176 valence electrons. The van der Waals surface area contributed by atoms with Gasteiger partial charge in [-0.25, -0.2) is 9.78 Å². The number of aromatic nitrogens is 5. The largest absolute Gasteiger partial charge is 0.493 e. The Morgan fingerprint density at radius 3 is 2.82 bits per heavy atom. The smallest absolute Gasteiger partial charge is 0.326 e. The van der Waals surface area contributed by atoms with Crippen LogP contribution in [0.4, 0.5) is 11.5 Å². The molecule has 5 rings (SSSR count). The Hall–Kier alpha value is -3.63. The highest BCUT2D eigenvalue weighted by Gasteiger charge is 2.17. The molecule has 10 nitrogen and oxygen atoms in total. The zero-order valence-corrected chi connectivity index (χ0v) is 19.4. The second-order valence-corrected chi connectivity index (χ2v) is 8.69. The number of aromatic amines is 2. The Labute approximate surface area is 199 Å². The minimum atomic E-state index is -0.495. The van der Waals surface area contributed by atoms with Gasteiger partial charge in [-0.2, -0.15) is 9.61 Å². The van der Waals surface area contributed by atoms with Gasteiger partial charge in [0.05, 0.1) is 12.2 Å². The topological polar surface area (TPSA) is 127 Å². The number of fused-ring (bicyclic) bond motifs is 1. The summed E-state index contributed by atoms with van der Waals surface area (Å²) in [4.78, 5) is 28.6. The Morgan fingerprint density at radius 2 is 2.12 bits per heavy atom. The number of nitrogens with zero attached hydrogens (tertiary/aromatic N) is 5. The van der Waals surface area contributed by atoms with Gasteiger partial charge in [0.2, 0.25) is 5.88 Å². The number of piperidine rings is 1. The van der Waals surface area contributed by atoms with Crippen LogP contribution in [0.15, 0.2) is 46.3 Å². The fraction of sp³-hybridized carbons (Fsp3) is 0.304. The average molecular weight is 481 g/mol. The molecule has 0 spiro atoms. The van der Waals surface area contributed by atoms with E-state index < -0.39 is 5.69 Å². The first-order valence-electron chi connectivity index (χ1n) is 11.2. The van der Waals surface area contributed by atoms with Crippen LogP contribution >= 0.6 is 11.6 Å². The Kier molecular flexibility index (Phi) is 6.08. The summed E-state index contributed by atoms with van der Waals surface area (Å²) in [7, 11) is 0. The molecule has 0 atom stereocenters. The minimum Gasteiger partial charge on any atom is -0.493 e. The van der Waals surface area contributed by atoms with Gasteiger partial charge in [0.25, 0.3) is 0 Å². The van der Waals surface area contributed by atoms with Crippen LogP contribution < -0.4 is 21.7 Å². The summed E-state index contributed by atoms with van der Waals surface area (Å²) in [5, 5.41) is 19.0. The zero-order chi connectivity index (χ0) is 23.7. The van der Waals surface area contributed by atoms with Gasteiger partial charge in [-0.05, 0) is 43.7 Å². The maximum absolute atomic E-state index is 11.5. The van der Waals surface area contributed by atoms with Gasteiger partial charge in [-0.3, -0.25) is 9.98 Å². The maximum Gasteiger partial charge on any atom is 0.326 e. The average Bonchev–Trinajstić information content (AvgIpc) is 3.36. The van der Waals surface area contributed by atoms with Crippen LogP contribution in [0.3, 0.4) is 0 Å². The molecule has 3 aromatic heterocycles. The van der Waals surface area contributed by atoms with Crippen LogP contribution in [-0.4, -0.2) is 60.2 Å². The Bertz CT molecular complexity index is 1500. The predicted molar refractivity (Wildman–Crippen MR) is 130 cm³/mol. The molecule has 1 saturated heterocycles. The molecule has 4 aromatic rings. The minimum absolute atomic E-state index is 0.189. The standard InChI is InChI=1S/C23H25ClN8O2/c1-2-31-8-6-16(7-9-31)27-20-12-19(26-17-5-3-4-15(24)11-17)29-21-14(13-25-32(20)21)10-18-22(33)30-23(34)28-18/h3-5,10-13,16,26,33H,2,6-9H2,1H3,(H2,28,30,34)/b14-10-,27-20?. The monoisotopic (exact) mass is 480 g/mol. The molecule has 0 amide bonds. The van der Waals surface area contributed by atoms with E-state index in [9.17, 15) is 9.90 Å². The number of imidazole rings is 1. The van der Waals surface area contributed by atoms with Crippen molar-refractivity contribution in [3.8, 4) is 5.88 Å². The number of nitrogens with one attached hydrogen (secondary N) is 3. The molecule has 1 aliphatic heterocycles. The molecule has 1 aromatic carbocycles. The summed E-state index contributed by atoms with van der Waals surface area (Å²) < 4.78 is 1.68. The van der Waals surface area contributed by atoms with Crippen molar-refractivity contribution >= 4 is 34.8 Å². The molecule has 4 heterocycles. The van der Waals surface area contributed by atoms with Crippen molar-refractivity contribution in [2.75, 3.05) is 25.0 Å². The van der Waals surface area contributed by atoms with E-state index in [-0.39, 0.29) is 17.6 Å². The predicted octanol–water partition coefficient (Wildman–Crippen LogP) is 1.78. The molecule has 11 heteroatoms. The third-order valence-electron chi connectivity index (χ3n) is 5.93. The van der Waals surface area contributed by atoms with Crippen molar-refractivity contribution in [3.05, 3.63) is 68.4 Å². The van der Waals surface area contributed by atoms with Gasteiger partial charge in [-0.15, -0.1) is 0 Å². The summed E-state index contributed by atoms with van der Waals surface area (Å²) >= 11 is 6.15. The number of hydrogen-bond donors (Lipinski definition) is 4. The normalized spacial score (nSPS) is 16.5. The maximum atomic E-state index is 11.5. The SMILES string of the molecule is CCN1CCC(N=c2cc(Nc3cccc(Cl)c3)nc3/c(=C\c4[nH]c(=O)[nH]c4O)cnn23)CC1. The first kappa shape index (κ1) is 22.2. The van der Waals surface area contributed by atoms with Crippen molar-refractivity contribution in [2.45, 2.75) is 25.8 Å². The lowest BCUT2D eigenvalue weighted by molar-refractivity contribution is 0.222. The molecule has 4 N–H and O–H groups in total. The third kappa shape index (κ3) is 4.68. The fourth-order valence-electron chi connectivity index (χ4n) is 4.14. The van der Waals surface area contributed by atoms with Crippen molar-refractivity contribution < 1.29 is 5.11 Å². The first-order chi connectivity index (χ1) is 16.5. The number of anilines is 2. The molecule has 34 heavy (non-hydrogen) atoms. The fourth-order valence-corrected chi connectivity index (χ4v) is 4.33. The molecule has 0 unspecified atom stereocenters. The number of hydrogen-bond acceptors (Lipinski definition) is 7. The highest BCUT2D eigenvalue weighted by atomic mass is 35.5. The van der Waals surface area contributed by atoms with Crippen LogP contribution in [0.1, 0.15) is 25.5 Å². The van der Waals surface area contributed by atoms with Crippen LogP contribution in [0.2, 0.25) is 5.02 Å². The van der Waals surface area contributed by atoms with Gasteiger partial charge >= 0.3 is 5.69 Å². The number of halogens is 1. The summed E-state index contributed by atoms with van der Waals surface area (Å²) in [5.41, 5.74) is 1.77. The van der Waals surface area contributed by atoms with Crippen LogP contribution in [0.25, 0.3) is 11.7 Å². The van der Waals surface area contributed by atoms with E-state index in [1.807, 2.05) is 24.3 Å². The molecule has 0 aliphatic carbocycles. The number of likely N-dealkylation sites (tertiary alicyclic amines) is 1. The van der Waals surface area contributed by atoms with Gasteiger partial charge in [0.15, 0.2) is 11.1 Å². The second-order valence-electron chi connectivity index (χ2n) is 8.25. The van der Waals surface area contributed by atoms with E-state index in [1.54, 1.807) is 22.9 Å². The first-order valence-corrected chi connectivity index (χ1v) is 11.6. The van der Waals surface area contributed by atoms with Crippen LogP contribution in [-0.2, 0) is 0 Å². The summed E-state index contributed by atoms with van der Waals surface area (Å²) in [6.45, 7) is 5.26. The zero-order valence-electron chi connectivity index (χ0n) is 18.6. The molecular formula is C23H25ClN8O2. The number of rotatable bonds is 5. The van der Waals surface area contributed by atoms with E-state index in [0.29, 0.717) is 27.2 Å². The van der Waals surface area contributed by atoms with Crippen molar-refractivity contribution in [1.29, 1.82) is 0 Å². The van der Waals surface area contributed by atoms with Crippen LogP contribution in [0.5, 0.6) is 5.88 Å². The second kappa shape index (κ2) is 9.32. The summed E-state index contributed by atoms with van der Waals surface area (Å²) in [5.74, 6) is 0.339. The lowest BCUT2D eigenvalue weighted by Crippen LogP contribution is -2.36. The highest BCUT2D eigenvalue weighted by molar-refractivity contribution is 6.30. The number of aromatic hydroxyl groups is 1. The Morgan fingerprint density at radius 1 is 1.29 bits per heavy atom. The molecule has 0 bridgehead atoms. The molecule has 1 aliphatic rings. The van der Waals surface area contributed by atoms with Gasteiger partial charge in [0, 0.05) is 35.1 Å². The summed E-state index contributed by atoms with van der Waals surface area (Å²) in [6.07, 6.45) is 5.21. The van der Waals surface area contributed by atoms with Gasteiger partial charge in [-0.1, -0.05) is 24.6 Å². The van der Waals surface area contributed by atoms with E-state index in [2.05, 4.69) is 32.2 Å². The van der Waals surface area contributed by atoms with Crippen molar-refractivity contribution in [3.63, 3.8) is 0 Å². The lowest BCUT2D eigenvalue weighted by Gasteiger charge is -2.28. The van der Waals surface area contributed by atoms with E-state index in [0.717, 1.165) is 38.2 Å². The number of benzene rings is 1. The molecular weight excluding hydrogens is 456 g/mol. The molecule has 0 saturated carbocycles. The highest BCUT2D eigenvalue weighted by Crippen LogP contribution is 2.19. The van der Waals surface area contributed by atoms with Crippen molar-refractivity contribution in [2.24, 2.45) is 4.99 Å². The quantitative estimate of drug-likeness (QED) is 0.345. The van der Waals surface area contributed by atoms with Crippen molar-refractivity contribution in [1.82, 2.24) is 29.5 Å². The van der Waals surface area contributed by atoms with E-state index in [4.69, 9.17) is 21.6 Å². The van der Waals surface area contributed by atoms with Gasteiger partial charge < -0.3 is 20.3 Å². The Balaban J connectivity index is 1.62. The van der Waals surface area contributed by atoms with E-state index in [1.165, 1.54) is 0 Å².